The summed E-state index contributed by atoms with van der Waals surface area (Å²) in [6.45, 7) is 1.85. The second-order valence-electron chi connectivity index (χ2n) is 7.42. The zero-order valence-corrected chi connectivity index (χ0v) is 16.7. The molecular formula is C22H28Cl2N2. The zero-order valence-electron chi connectivity index (χ0n) is 15.2. The van der Waals surface area contributed by atoms with Crippen molar-refractivity contribution in [3.8, 4) is 0 Å². The molecular weight excluding hydrogens is 363 g/mol. The summed E-state index contributed by atoms with van der Waals surface area (Å²) in [6.07, 6.45) is 5.01. The molecule has 2 nitrogen and oxygen atoms in total. The minimum absolute atomic E-state index is 0.527. The number of rotatable bonds is 6. The Balaban J connectivity index is 1.65. The molecule has 0 bridgehead atoms. The third kappa shape index (κ3) is 5.23. The van der Waals surface area contributed by atoms with Gasteiger partial charge in [0, 0.05) is 34.0 Å². The number of quaternary nitrogens is 2. The predicted octanol–water partition coefficient (Wildman–Crippen LogP) is 3.36. The SMILES string of the molecule is [CH2-][NH+](Cc1ccc(Cl)cc1)[C@@H]1CCCC[C@H]1[NH+]([CH2-])Cc1ccc(Cl)cc1. The van der Waals surface area contributed by atoms with E-state index in [2.05, 4.69) is 38.4 Å². The molecule has 0 spiro atoms. The average molecular weight is 391 g/mol. The summed E-state index contributed by atoms with van der Waals surface area (Å²) in [7, 11) is 8.91. The minimum Gasteiger partial charge on any atom is -0.457 e. The molecule has 0 amide bonds. The van der Waals surface area contributed by atoms with Gasteiger partial charge in [-0.3, -0.25) is 0 Å². The highest BCUT2D eigenvalue weighted by Gasteiger charge is 2.33. The first-order valence-corrected chi connectivity index (χ1v) is 10.1. The maximum absolute atomic E-state index is 6.01. The lowest BCUT2D eigenvalue weighted by molar-refractivity contribution is -0.969. The van der Waals surface area contributed by atoms with Gasteiger partial charge in [-0.2, -0.15) is 14.1 Å². The maximum atomic E-state index is 6.01. The molecule has 0 radical (unpaired) electrons. The van der Waals surface area contributed by atoms with Crippen molar-refractivity contribution >= 4 is 23.2 Å². The molecule has 0 heterocycles. The van der Waals surface area contributed by atoms with E-state index in [1.807, 2.05) is 24.3 Å². The molecule has 2 aromatic carbocycles. The smallest absolute Gasteiger partial charge is 0.114 e. The Morgan fingerprint density at radius 3 is 1.38 bits per heavy atom. The molecule has 4 heteroatoms. The van der Waals surface area contributed by atoms with Crippen molar-refractivity contribution in [2.45, 2.75) is 50.9 Å². The van der Waals surface area contributed by atoms with Crippen molar-refractivity contribution in [1.29, 1.82) is 0 Å². The molecule has 0 aromatic heterocycles. The van der Waals surface area contributed by atoms with E-state index >= 15 is 0 Å². The largest absolute Gasteiger partial charge is 0.457 e. The van der Waals surface area contributed by atoms with E-state index in [9.17, 15) is 0 Å². The summed E-state index contributed by atoms with van der Waals surface area (Å²) >= 11 is 12.0. The molecule has 1 aliphatic carbocycles. The topological polar surface area (TPSA) is 8.88 Å². The number of nitrogens with one attached hydrogen (secondary N) is 2. The molecule has 1 aliphatic rings. The van der Waals surface area contributed by atoms with Crippen LogP contribution in [0.5, 0.6) is 0 Å². The lowest BCUT2D eigenvalue weighted by Crippen LogP contribution is -3.21. The first kappa shape index (κ1) is 19.7. The standard InChI is InChI=1S/C22H28Cl2N2/c1-25(15-17-7-11-19(23)12-8-17)21-5-3-4-6-22(21)26(2)16-18-9-13-20(24)14-10-18/h7-14,21-22,25-26H,1-6,15-16H2/t21-,22-/m1/s1. The fourth-order valence-electron chi connectivity index (χ4n) is 4.10. The van der Waals surface area contributed by atoms with Gasteiger partial charge in [-0.1, -0.05) is 47.5 Å². The highest BCUT2D eigenvalue weighted by atomic mass is 35.5. The third-order valence-corrected chi connectivity index (χ3v) is 6.01. The first-order chi connectivity index (χ1) is 12.5. The van der Waals surface area contributed by atoms with Gasteiger partial charge < -0.3 is 9.80 Å². The van der Waals surface area contributed by atoms with E-state index in [1.54, 1.807) is 0 Å². The lowest BCUT2D eigenvalue weighted by atomic mass is 9.88. The van der Waals surface area contributed by atoms with Gasteiger partial charge in [0.05, 0.1) is 13.1 Å². The Labute approximate surface area is 167 Å². The fraction of sp³-hybridized carbons (Fsp3) is 0.364. The van der Waals surface area contributed by atoms with Crippen LogP contribution in [-0.2, 0) is 13.1 Å². The summed E-state index contributed by atoms with van der Waals surface area (Å²) in [6, 6.07) is 17.3. The molecule has 3 rings (SSSR count). The Morgan fingerprint density at radius 2 is 1.04 bits per heavy atom. The lowest BCUT2D eigenvalue weighted by Gasteiger charge is -2.44. The van der Waals surface area contributed by atoms with Crippen LogP contribution in [0.25, 0.3) is 0 Å². The summed E-state index contributed by atoms with van der Waals surface area (Å²) in [4.78, 5) is 2.66. The highest BCUT2D eigenvalue weighted by molar-refractivity contribution is 6.30. The van der Waals surface area contributed by atoms with Gasteiger partial charge in [-0.15, -0.1) is 0 Å². The Morgan fingerprint density at radius 1 is 0.692 bits per heavy atom. The minimum atomic E-state index is 0.527. The third-order valence-electron chi connectivity index (χ3n) is 5.50. The van der Waals surface area contributed by atoms with Gasteiger partial charge in [-0.25, -0.2) is 0 Å². The van der Waals surface area contributed by atoms with Gasteiger partial charge in [0.15, 0.2) is 0 Å². The molecule has 2 unspecified atom stereocenters. The van der Waals surface area contributed by atoms with Crippen LogP contribution in [0.15, 0.2) is 48.5 Å². The molecule has 2 aromatic rings. The summed E-state index contributed by atoms with van der Waals surface area (Å²) in [5, 5.41) is 1.57. The van der Waals surface area contributed by atoms with E-state index in [4.69, 9.17) is 23.2 Å². The highest BCUT2D eigenvalue weighted by Crippen LogP contribution is 2.16. The second kappa shape index (κ2) is 9.23. The van der Waals surface area contributed by atoms with E-state index in [1.165, 1.54) is 46.6 Å². The number of halogens is 2. The molecule has 1 saturated carbocycles. The van der Waals surface area contributed by atoms with Gasteiger partial charge in [0.1, 0.15) is 12.1 Å². The van der Waals surface area contributed by atoms with Crippen LogP contribution >= 0.6 is 23.2 Å². The Bertz CT molecular complexity index is 623. The molecule has 2 N–H and O–H groups in total. The summed E-state index contributed by atoms with van der Waals surface area (Å²) < 4.78 is 0. The molecule has 140 valence electrons. The van der Waals surface area contributed by atoms with Crippen LogP contribution in [0.1, 0.15) is 36.8 Å². The van der Waals surface area contributed by atoms with Gasteiger partial charge in [-0.05, 0) is 37.1 Å². The number of hydrogen-bond donors (Lipinski definition) is 2. The van der Waals surface area contributed by atoms with E-state index in [-0.39, 0.29) is 0 Å². The predicted molar refractivity (Wildman–Crippen MR) is 109 cm³/mol. The summed E-state index contributed by atoms with van der Waals surface area (Å²) in [5.41, 5.74) is 2.57. The second-order valence-corrected chi connectivity index (χ2v) is 8.29. The molecule has 1 fully saturated rings. The number of hydrogen-bond acceptors (Lipinski definition) is 0. The van der Waals surface area contributed by atoms with Crippen LogP contribution in [0, 0.1) is 14.1 Å². The Kier molecular flexibility index (Phi) is 6.99. The van der Waals surface area contributed by atoms with Gasteiger partial charge in [0.25, 0.3) is 0 Å². The Hall–Kier alpha value is -1.06. The van der Waals surface area contributed by atoms with Gasteiger partial charge in [0.2, 0.25) is 0 Å². The molecule has 0 aliphatic heterocycles. The molecule has 0 saturated heterocycles. The van der Waals surface area contributed by atoms with E-state index in [0.29, 0.717) is 12.1 Å². The van der Waals surface area contributed by atoms with E-state index in [0.717, 1.165) is 23.1 Å². The van der Waals surface area contributed by atoms with Crippen molar-refractivity contribution in [3.63, 3.8) is 0 Å². The molecule has 4 atom stereocenters. The summed E-state index contributed by atoms with van der Waals surface area (Å²) in [5.74, 6) is 0. The normalized spacial score (nSPS) is 22.8. The van der Waals surface area contributed by atoms with Crippen molar-refractivity contribution in [1.82, 2.24) is 0 Å². The van der Waals surface area contributed by atoms with Crippen molar-refractivity contribution < 1.29 is 9.80 Å². The monoisotopic (exact) mass is 390 g/mol. The van der Waals surface area contributed by atoms with Crippen molar-refractivity contribution in [3.05, 3.63) is 83.8 Å². The van der Waals surface area contributed by atoms with Crippen molar-refractivity contribution in [2.24, 2.45) is 0 Å². The van der Waals surface area contributed by atoms with Crippen LogP contribution in [0.3, 0.4) is 0 Å². The van der Waals surface area contributed by atoms with Crippen LogP contribution < -0.4 is 9.80 Å². The van der Waals surface area contributed by atoms with Gasteiger partial charge >= 0.3 is 0 Å². The fourth-order valence-corrected chi connectivity index (χ4v) is 4.35. The van der Waals surface area contributed by atoms with Crippen molar-refractivity contribution in [2.75, 3.05) is 0 Å². The van der Waals surface area contributed by atoms with Crippen LogP contribution in [0.4, 0.5) is 0 Å². The number of benzene rings is 2. The van der Waals surface area contributed by atoms with Crippen LogP contribution in [0.2, 0.25) is 10.0 Å². The average Bonchev–Trinajstić information content (AvgIpc) is 2.65. The van der Waals surface area contributed by atoms with E-state index < -0.39 is 0 Å². The molecule has 26 heavy (non-hydrogen) atoms. The quantitative estimate of drug-likeness (QED) is 0.699. The maximum Gasteiger partial charge on any atom is 0.114 e. The first-order valence-electron chi connectivity index (χ1n) is 9.37. The zero-order chi connectivity index (χ0) is 18.5. The van der Waals surface area contributed by atoms with Crippen LogP contribution in [-0.4, -0.2) is 12.1 Å².